The average molecular weight is 454 g/mol. The van der Waals surface area contributed by atoms with E-state index in [1.165, 1.54) is 16.7 Å². The van der Waals surface area contributed by atoms with Crippen molar-refractivity contribution in [3.05, 3.63) is 113 Å². The lowest BCUT2D eigenvalue weighted by molar-refractivity contribution is 0.264. The zero-order valence-electron chi connectivity index (χ0n) is 20.6. The zero-order chi connectivity index (χ0) is 24.1. The van der Waals surface area contributed by atoms with Gasteiger partial charge in [0.25, 0.3) is 0 Å². The van der Waals surface area contributed by atoms with E-state index in [9.17, 15) is 5.11 Å². The molecule has 4 aromatic rings. The topological polar surface area (TPSA) is 39.1 Å². The Labute approximate surface area is 203 Å². The normalized spacial score (nSPS) is 14.7. The molecule has 0 fully saturated rings. The number of aliphatic hydroxyl groups excluding tert-OH is 1. The number of aliphatic hydroxyl groups is 1. The molecular weight excluding hydrogens is 418 g/mol. The van der Waals surface area contributed by atoms with Crippen LogP contribution in [0.4, 0.5) is 11.4 Å². The van der Waals surface area contributed by atoms with Crippen LogP contribution < -0.4 is 15.2 Å². The van der Waals surface area contributed by atoms with Crippen LogP contribution in [-0.2, 0) is 6.42 Å². The Morgan fingerprint density at radius 2 is 1.09 bits per heavy atom. The molecule has 0 amide bonds. The van der Waals surface area contributed by atoms with E-state index in [4.69, 9.17) is 4.99 Å². The SMILES string of the molecule is CC(c1ccccc1)N(C)c1c(N(C)[C@@H](C)c2ccccc2)c1=NC(CO)Cc1ccccc1. The summed E-state index contributed by atoms with van der Waals surface area (Å²) in [4.78, 5) is 9.70. The molecule has 0 saturated heterocycles. The molecule has 0 heterocycles. The molecule has 3 atom stereocenters. The molecular formula is C30H35N3O. The fourth-order valence-corrected chi connectivity index (χ4v) is 4.47. The van der Waals surface area contributed by atoms with Crippen molar-refractivity contribution in [1.82, 2.24) is 0 Å². The van der Waals surface area contributed by atoms with Gasteiger partial charge in [-0.15, -0.1) is 0 Å². The highest BCUT2D eigenvalue weighted by Gasteiger charge is 2.32. The van der Waals surface area contributed by atoms with Crippen molar-refractivity contribution in [1.29, 1.82) is 0 Å². The Hall–Kier alpha value is -3.37. The van der Waals surface area contributed by atoms with Crippen LogP contribution in [0.2, 0.25) is 0 Å². The number of anilines is 2. The minimum atomic E-state index is -0.175. The van der Waals surface area contributed by atoms with E-state index < -0.39 is 0 Å². The van der Waals surface area contributed by atoms with Crippen molar-refractivity contribution in [3.63, 3.8) is 0 Å². The summed E-state index contributed by atoms with van der Waals surface area (Å²) in [6.07, 6.45) is 0.720. The Balaban J connectivity index is 1.67. The minimum absolute atomic E-state index is 0.0227. The number of nitrogens with zero attached hydrogens (tertiary/aromatic N) is 3. The smallest absolute Gasteiger partial charge is 0.109 e. The fraction of sp³-hybridized carbons (Fsp3) is 0.300. The van der Waals surface area contributed by atoms with Gasteiger partial charge < -0.3 is 14.9 Å². The highest BCUT2D eigenvalue weighted by atomic mass is 16.3. The first-order valence-corrected chi connectivity index (χ1v) is 12.0. The molecule has 4 aromatic carbocycles. The summed E-state index contributed by atoms with van der Waals surface area (Å²) in [5.74, 6) is 0. The summed E-state index contributed by atoms with van der Waals surface area (Å²) >= 11 is 0. The second-order valence-corrected chi connectivity index (χ2v) is 9.10. The van der Waals surface area contributed by atoms with E-state index >= 15 is 0 Å². The third-order valence-electron chi connectivity index (χ3n) is 6.88. The van der Waals surface area contributed by atoms with E-state index in [1.807, 2.05) is 18.2 Å². The third kappa shape index (κ3) is 5.23. The van der Waals surface area contributed by atoms with Crippen LogP contribution in [0.1, 0.15) is 42.6 Å². The van der Waals surface area contributed by atoms with Gasteiger partial charge in [-0.2, -0.15) is 0 Å². The number of hydrogen-bond donors (Lipinski definition) is 1. The molecule has 0 bridgehead atoms. The van der Waals surface area contributed by atoms with Gasteiger partial charge in [-0.3, -0.25) is 4.99 Å². The van der Waals surface area contributed by atoms with Crippen molar-refractivity contribution in [2.75, 3.05) is 30.5 Å². The van der Waals surface area contributed by atoms with Crippen LogP contribution >= 0.6 is 0 Å². The van der Waals surface area contributed by atoms with Gasteiger partial charge in [0.1, 0.15) is 5.36 Å². The molecule has 4 heteroatoms. The van der Waals surface area contributed by atoms with Gasteiger partial charge in [-0.1, -0.05) is 91.0 Å². The fourth-order valence-electron chi connectivity index (χ4n) is 4.47. The van der Waals surface area contributed by atoms with Crippen molar-refractivity contribution < 1.29 is 5.11 Å². The molecule has 176 valence electrons. The van der Waals surface area contributed by atoms with Crippen LogP contribution in [0.5, 0.6) is 0 Å². The number of rotatable bonds is 10. The van der Waals surface area contributed by atoms with Crippen LogP contribution in [-0.4, -0.2) is 31.9 Å². The Kier molecular flexibility index (Phi) is 7.49. The first-order chi connectivity index (χ1) is 16.5. The molecule has 0 aliphatic carbocycles. The van der Waals surface area contributed by atoms with Gasteiger partial charge in [-0.05, 0) is 37.0 Å². The second kappa shape index (κ2) is 10.7. The summed E-state index contributed by atoms with van der Waals surface area (Å²) in [5.41, 5.74) is 6.04. The number of benzene rings is 3. The molecule has 2 unspecified atom stereocenters. The third-order valence-corrected chi connectivity index (χ3v) is 6.88. The van der Waals surface area contributed by atoms with E-state index in [-0.39, 0.29) is 24.7 Å². The minimum Gasteiger partial charge on any atom is -0.394 e. The molecule has 4 rings (SSSR count). The monoisotopic (exact) mass is 453 g/mol. The van der Waals surface area contributed by atoms with Crippen molar-refractivity contribution in [3.8, 4) is 0 Å². The molecule has 0 aliphatic heterocycles. The summed E-state index contributed by atoms with van der Waals surface area (Å²) in [6, 6.07) is 31.6. The second-order valence-electron chi connectivity index (χ2n) is 9.10. The van der Waals surface area contributed by atoms with E-state index in [0.29, 0.717) is 0 Å². The van der Waals surface area contributed by atoms with Gasteiger partial charge in [0, 0.05) is 14.1 Å². The van der Waals surface area contributed by atoms with Gasteiger partial charge in [0.05, 0.1) is 36.1 Å². The maximum Gasteiger partial charge on any atom is 0.109 e. The van der Waals surface area contributed by atoms with Crippen LogP contribution in [0, 0.1) is 0 Å². The maximum absolute atomic E-state index is 10.1. The van der Waals surface area contributed by atoms with Crippen LogP contribution in [0.25, 0.3) is 0 Å². The first-order valence-electron chi connectivity index (χ1n) is 12.0. The lowest BCUT2D eigenvalue weighted by Gasteiger charge is -2.27. The highest BCUT2D eigenvalue weighted by molar-refractivity contribution is 5.85. The van der Waals surface area contributed by atoms with Gasteiger partial charge in [0.2, 0.25) is 0 Å². The Morgan fingerprint density at radius 1 is 0.676 bits per heavy atom. The molecule has 0 aliphatic rings. The van der Waals surface area contributed by atoms with Crippen LogP contribution in [0.15, 0.2) is 96.0 Å². The Bertz CT molecular complexity index is 1110. The van der Waals surface area contributed by atoms with E-state index in [2.05, 4.69) is 111 Å². The van der Waals surface area contributed by atoms with E-state index in [0.717, 1.165) is 23.2 Å². The summed E-state index contributed by atoms with van der Waals surface area (Å²) in [6.45, 7) is 4.48. The van der Waals surface area contributed by atoms with Gasteiger partial charge in [0.15, 0.2) is 0 Å². The molecule has 0 spiro atoms. The summed E-state index contributed by atoms with van der Waals surface area (Å²) in [7, 11) is 4.28. The molecule has 34 heavy (non-hydrogen) atoms. The molecule has 1 N–H and O–H groups in total. The molecule has 4 nitrogen and oxygen atoms in total. The predicted octanol–water partition coefficient (Wildman–Crippen LogP) is 5.46. The highest BCUT2D eigenvalue weighted by Crippen LogP contribution is 2.39. The number of hydrogen-bond acceptors (Lipinski definition) is 4. The average Bonchev–Trinajstić information content (AvgIpc) is 3.61. The lowest BCUT2D eigenvalue weighted by atomic mass is 10.1. The lowest BCUT2D eigenvalue weighted by Crippen LogP contribution is -2.22. The zero-order valence-corrected chi connectivity index (χ0v) is 20.6. The van der Waals surface area contributed by atoms with Crippen molar-refractivity contribution >= 4 is 11.4 Å². The summed E-state index contributed by atoms with van der Waals surface area (Å²) in [5, 5.41) is 11.1. The molecule has 0 aromatic heterocycles. The quantitative estimate of drug-likeness (QED) is 0.346. The largest absolute Gasteiger partial charge is 0.394 e. The predicted molar refractivity (Wildman–Crippen MR) is 142 cm³/mol. The van der Waals surface area contributed by atoms with Gasteiger partial charge >= 0.3 is 0 Å². The standard InChI is InChI=1S/C30H35N3O/c1-22(25-16-10-6-11-17-25)32(3)29-28(31-27(21-34)20-24-14-8-5-9-15-24)30(29)33(4)23(2)26-18-12-7-13-19-26/h5-19,22-23,27,34H,20-21H2,1-4H3/t22-,23?,27?/m0/s1. The molecule has 0 radical (unpaired) electrons. The Morgan fingerprint density at radius 3 is 1.50 bits per heavy atom. The summed E-state index contributed by atoms with van der Waals surface area (Å²) < 4.78 is 0. The maximum atomic E-state index is 10.1. The van der Waals surface area contributed by atoms with Crippen molar-refractivity contribution in [2.45, 2.75) is 38.4 Å². The molecule has 0 saturated carbocycles. The van der Waals surface area contributed by atoms with Crippen LogP contribution in [0.3, 0.4) is 0 Å². The van der Waals surface area contributed by atoms with E-state index in [1.54, 1.807) is 0 Å². The van der Waals surface area contributed by atoms with Gasteiger partial charge in [-0.25, -0.2) is 0 Å². The first kappa shape index (κ1) is 23.8. The van der Waals surface area contributed by atoms with Crippen molar-refractivity contribution in [2.24, 2.45) is 4.99 Å².